The third kappa shape index (κ3) is 2.48. The molecule has 1 fully saturated rings. The van der Waals surface area contributed by atoms with Gasteiger partial charge in [0.15, 0.2) is 5.58 Å². The van der Waals surface area contributed by atoms with Gasteiger partial charge >= 0.3 is 0 Å². The Morgan fingerprint density at radius 3 is 3.15 bits per heavy atom. The molecule has 2 N–H and O–H groups in total. The van der Waals surface area contributed by atoms with E-state index in [-0.39, 0.29) is 5.91 Å². The highest BCUT2D eigenvalue weighted by Crippen LogP contribution is 2.25. The number of rotatable bonds is 4. The van der Waals surface area contributed by atoms with E-state index in [1.165, 1.54) is 0 Å². The van der Waals surface area contributed by atoms with Gasteiger partial charge in [0.1, 0.15) is 5.52 Å². The second-order valence-corrected chi connectivity index (χ2v) is 5.47. The molecule has 20 heavy (non-hydrogen) atoms. The number of hydrogen-bond donors (Lipinski definition) is 1. The van der Waals surface area contributed by atoms with Gasteiger partial charge in [-0.1, -0.05) is 13.3 Å². The van der Waals surface area contributed by atoms with Gasteiger partial charge in [0.2, 0.25) is 11.8 Å². The molecule has 1 aromatic carbocycles. The summed E-state index contributed by atoms with van der Waals surface area (Å²) in [5, 5.41) is 0. The van der Waals surface area contributed by atoms with Crippen LogP contribution in [0.15, 0.2) is 22.6 Å². The van der Waals surface area contributed by atoms with E-state index in [0.717, 1.165) is 24.9 Å². The van der Waals surface area contributed by atoms with Gasteiger partial charge in [0.25, 0.3) is 0 Å². The predicted octanol–water partition coefficient (Wildman–Crippen LogP) is 2.56. The highest BCUT2D eigenvalue weighted by atomic mass is 16.3. The minimum absolute atomic E-state index is 0.199. The third-order valence-electron chi connectivity index (χ3n) is 3.77. The van der Waals surface area contributed by atoms with Gasteiger partial charge in [-0.2, -0.15) is 0 Å². The second-order valence-electron chi connectivity index (χ2n) is 5.47. The fraction of sp³-hybridized carbons (Fsp3) is 0.467. The van der Waals surface area contributed by atoms with Crippen molar-refractivity contribution in [3.63, 3.8) is 0 Å². The monoisotopic (exact) mass is 273 g/mol. The number of likely N-dealkylation sites (tertiary alicyclic amines) is 1. The van der Waals surface area contributed by atoms with Crippen molar-refractivity contribution in [2.75, 3.05) is 12.3 Å². The van der Waals surface area contributed by atoms with E-state index >= 15 is 0 Å². The first kappa shape index (κ1) is 13.0. The number of hydrogen-bond acceptors (Lipinski definition) is 4. The molecule has 1 aliphatic heterocycles. The Bertz CT molecular complexity index is 635. The Hall–Kier alpha value is -2.04. The molecule has 1 amide bonds. The van der Waals surface area contributed by atoms with Crippen LogP contribution in [-0.4, -0.2) is 22.3 Å². The Morgan fingerprint density at radius 2 is 2.35 bits per heavy atom. The van der Waals surface area contributed by atoms with E-state index in [0.29, 0.717) is 36.0 Å². The van der Waals surface area contributed by atoms with Crippen molar-refractivity contribution in [3.8, 4) is 0 Å². The Balaban J connectivity index is 1.74. The maximum atomic E-state index is 12.0. The topological polar surface area (TPSA) is 72.4 Å². The Labute approximate surface area is 117 Å². The van der Waals surface area contributed by atoms with Crippen molar-refractivity contribution >= 4 is 22.7 Å². The van der Waals surface area contributed by atoms with Crippen molar-refractivity contribution in [1.82, 2.24) is 9.88 Å². The lowest BCUT2D eigenvalue weighted by Gasteiger charge is -2.13. The van der Waals surface area contributed by atoms with Crippen LogP contribution in [0.3, 0.4) is 0 Å². The van der Waals surface area contributed by atoms with Crippen molar-refractivity contribution in [1.29, 1.82) is 0 Å². The summed E-state index contributed by atoms with van der Waals surface area (Å²) in [6, 6.07) is 5.40. The molecule has 1 aromatic heterocycles. The standard InChI is InChI=1S/C15H19N3O2/c1-2-3-10-6-15(19)18(8-10)9-14-17-12-5-4-11(16)7-13(12)20-14/h4-5,7,10H,2-3,6,8-9,16H2,1H3. The second kappa shape index (κ2) is 5.15. The quantitative estimate of drug-likeness (QED) is 0.869. The summed E-state index contributed by atoms with van der Waals surface area (Å²) in [4.78, 5) is 18.2. The number of aromatic nitrogens is 1. The number of nitrogen functional groups attached to an aromatic ring is 1. The molecule has 1 aliphatic rings. The van der Waals surface area contributed by atoms with Gasteiger partial charge in [0.05, 0.1) is 6.54 Å². The first-order valence-electron chi connectivity index (χ1n) is 7.08. The number of fused-ring (bicyclic) bond motifs is 1. The van der Waals surface area contributed by atoms with Gasteiger partial charge < -0.3 is 15.1 Å². The molecule has 0 saturated carbocycles. The molecule has 3 rings (SSSR count). The first-order valence-corrected chi connectivity index (χ1v) is 7.08. The van der Waals surface area contributed by atoms with Crippen LogP contribution >= 0.6 is 0 Å². The van der Waals surface area contributed by atoms with E-state index in [2.05, 4.69) is 11.9 Å². The SMILES string of the molecule is CCCC1CC(=O)N(Cc2nc3ccc(N)cc3o2)C1. The maximum absolute atomic E-state index is 12.0. The predicted molar refractivity (Wildman–Crippen MR) is 76.9 cm³/mol. The van der Waals surface area contributed by atoms with E-state index < -0.39 is 0 Å². The molecular weight excluding hydrogens is 254 g/mol. The molecule has 5 heteroatoms. The molecule has 0 radical (unpaired) electrons. The Kier molecular flexibility index (Phi) is 3.34. The average molecular weight is 273 g/mol. The molecule has 1 atom stereocenters. The molecule has 0 bridgehead atoms. The molecule has 0 spiro atoms. The molecule has 5 nitrogen and oxygen atoms in total. The van der Waals surface area contributed by atoms with Gasteiger partial charge in [-0.15, -0.1) is 0 Å². The number of nitrogens with zero attached hydrogens (tertiary/aromatic N) is 2. The van der Waals surface area contributed by atoms with E-state index in [4.69, 9.17) is 10.2 Å². The third-order valence-corrected chi connectivity index (χ3v) is 3.77. The number of oxazole rings is 1. The van der Waals surface area contributed by atoms with Gasteiger partial charge in [-0.3, -0.25) is 4.79 Å². The van der Waals surface area contributed by atoms with E-state index in [9.17, 15) is 4.79 Å². The van der Waals surface area contributed by atoms with Crippen molar-refractivity contribution in [2.45, 2.75) is 32.7 Å². The molecule has 1 unspecified atom stereocenters. The van der Waals surface area contributed by atoms with Crippen LogP contribution in [0, 0.1) is 5.92 Å². The zero-order chi connectivity index (χ0) is 14.1. The van der Waals surface area contributed by atoms with E-state index in [1.54, 1.807) is 12.1 Å². The van der Waals surface area contributed by atoms with Crippen molar-refractivity contribution in [2.24, 2.45) is 5.92 Å². The van der Waals surface area contributed by atoms with Crippen LogP contribution in [0.2, 0.25) is 0 Å². The largest absolute Gasteiger partial charge is 0.439 e. The number of anilines is 1. The molecule has 106 valence electrons. The molecule has 2 aromatic rings. The summed E-state index contributed by atoms with van der Waals surface area (Å²) >= 11 is 0. The lowest BCUT2D eigenvalue weighted by atomic mass is 10.0. The fourth-order valence-electron chi connectivity index (χ4n) is 2.83. The maximum Gasteiger partial charge on any atom is 0.223 e. The number of carbonyl (C=O) groups excluding carboxylic acids is 1. The highest BCUT2D eigenvalue weighted by molar-refractivity contribution is 5.79. The van der Waals surface area contributed by atoms with Gasteiger partial charge in [-0.05, 0) is 24.5 Å². The summed E-state index contributed by atoms with van der Waals surface area (Å²) in [7, 11) is 0. The summed E-state index contributed by atoms with van der Waals surface area (Å²) < 4.78 is 5.67. The average Bonchev–Trinajstić information content (AvgIpc) is 2.94. The zero-order valence-corrected chi connectivity index (χ0v) is 11.6. The summed E-state index contributed by atoms with van der Waals surface area (Å²) in [6.45, 7) is 3.42. The lowest BCUT2D eigenvalue weighted by molar-refractivity contribution is -0.128. The molecule has 1 saturated heterocycles. The van der Waals surface area contributed by atoms with Crippen molar-refractivity contribution < 1.29 is 9.21 Å². The van der Waals surface area contributed by atoms with Crippen LogP contribution in [-0.2, 0) is 11.3 Å². The van der Waals surface area contributed by atoms with Crippen LogP contribution in [0.4, 0.5) is 5.69 Å². The fourth-order valence-corrected chi connectivity index (χ4v) is 2.83. The molecule has 0 aliphatic carbocycles. The van der Waals surface area contributed by atoms with Gasteiger partial charge in [0, 0.05) is 24.7 Å². The van der Waals surface area contributed by atoms with Crippen molar-refractivity contribution in [3.05, 3.63) is 24.1 Å². The number of nitrogens with two attached hydrogens (primary N) is 1. The minimum Gasteiger partial charge on any atom is -0.439 e. The summed E-state index contributed by atoms with van der Waals surface area (Å²) in [5.41, 5.74) is 7.83. The van der Waals surface area contributed by atoms with Crippen LogP contribution in [0.5, 0.6) is 0 Å². The first-order chi connectivity index (χ1) is 9.65. The number of benzene rings is 1. The lowest BCUT2D eigenvalue weighted by Crippen LogP contribution is -2.24. The zero-order valence-electron chi connectivity index (χ0n) is 11.6. The van der Waals surface area contributed by atoms with Crippen LogP contribution in [0.1, 0.15) is 32.1 Å². The normalized spacial score (nSPS) is 19.1. The van der Waals surface area contributed by atoms with E-state index in [1.807, 2.05) is 11.0 Å². The summed E-state index contributed by atoms with van der Waals surface area (Å²) in [5.74, 6) is 1.26. The number of carbonyl (C=O) groups is 1. The summed E-state index contributed by atoms with van der Waals surface area (Å²) in [6.07, 6.45) is 2.88. The van der Waals surface area contributed by atoms with Crippen LogP contribution < -0.4 is 5.73 Å². The van der Waals surface area contributed by atoms with Gasteiger partial charge in [-0.25, -0.2) is 4.98 Å². The Morgan fingerprint density at radius 1 is 1.50 bits per heavy atom. The smallest absolute Gasteiger partial charge is 0.223 e. The minimum atomic E-state index is 0.199. The van der Waals surface area contributed by atoms with Crippen LogP contribution in [0.25, 0.3) is 11.1 Å². The molecule has 2 heterocycles. The molecular formula is C15H19N3O2. The highest BCUT2D eigenvalue weighted by Gasteiger charge is 2.29. The number of amides is 1.